The van der Waals surface area contributed by atoms with Gasteiger partial charge in [0.15, 0.2) is 0 Å². The number of amides is 1. The van der Waals surface area contributed by atoms with Gasteiger partial charge in [-0.3, -0.25) is 14.7 Å². The average molecular weight is 341 g/mol. The van der Waals surface area contributed by atoms with Crippen LogP contribution in [0.5, 0.6) is 0 Å². The van der Waals surface area contributed by atoms with E-state index in [2.05, 4.69) is 9.88 Å². The molecule has 25 heavy (non-hydrogen) atoms. The summed E-state index contributed by atoms with van der Waals surface area (Å²) in [4.78, 5) is 21.1. The first-order valence-electron chi connectivity index (χ1n) is 8.80. The minimum Gasteiger partial charge on any atom is -0.387 e. The molecule has 0 aliphatic carbocycles. The second-order valence-corrected chi connectivity index (χ2v) is 7.01. The van der Waals surface area contributed by atoms with Gasteiger partial charge in [0.1, 0.15) is 0 Å². The van der Waals surface area contributed by atoms with Crippen LogP contribution in [0.3, 0.4) is 0 Å². The summed E-state index contributed by atoms with van der Waals surface area (Å²) in [5.74, 6) is -0.0591. The fourth-order valence-corrected chi connectivity index (χ4v) is 3.70. The highest BCUT2D eigenvalue weighted by molar-refractivity contribution is 5.97. The van der Waals surface area contributed by atoms with E-state index in [4.69, 9.17) is 4.74 Å². The lowest BCUT2D eigenvalue weighted by atomic mass is 10.0. The van der Waals surface area contributed by atoms with E-state index in [1.165, 1.54) is 0 Å². The van der Waals surface area contributed by atoms with Crippen LogP contribution in [0.2, 0.25) is 0 Å². The lowest BCUT2D eigenvalue weighted by Gasteiger charge is -2.33. The maximum atomic E-state index is 12.8. The van der Waals surface area contributed by atoms with Gasteiger partial charge in [0.05, 0.1) is 36.4 Å². The van der Waals surface area contributed by atoms with Crippen LogP contribution in [-0.2, 0) is 4.74 Å². The molecule has 2 aliphatic heterocycles. The van der Waals surface area contributed by atoms with E-state index < -0.39 is 5.60 Å². The molecule has 4 rings (SSSR count). The third kappa shape index (κ3) is 3.51. The van der Waals surface area contributed by atoms with E-state index in [1.807, 2.05) is 30.3 Å². The number of ether oxygens (including phenoxy) is 1. The van der Waals surface area contributed by atoms with Crippen molar-refractivity contribution in [3.63, 3.8) is 0 Å². The van der Waals surface area contributed by atoms with E-state index in [9.17, 15) is 9.90 Å². The Balaban J connectivity index is 1.45. The molecule has 0 unspecified atom stereocenters. The number of hydrogen-bond acceptors (Lipinski definition) is 5. The molecule has 0 spiro atoms. The Morgan fingerprint density at radius 1 is 1.24 bits per heavy atom. The molecule has 2 saturated heterocycles. The summed E-state index contributed by atoms with van der Waals surface area (Å²) in [5, 5.41) is 11.8. The van der Waals surface area contributed by atoms with Crippen molar-refractivity contribution in [2.24, 2.45) is 0 Å². The summed E-state index contributed by atoms with van der Waals surface area (Å²) < 4.78 is 5.35. The summed E-state index contributed by atoms with van der Waals surface area (Å²) in [5.41, 5.74) is 0.621. The molecular formula is C19H23N3O3. The number of likely N-dealkylation sites (tertiary alicyclic amines) is 1. The van der Waals surface area contributed by atoms with Crippen molar-refractivity contribution in [3.05, 3.63) is 42.1 Å². The highest BCUT2D eigenvalue weighted by Gasteiger charge is 2.40. The van der Waals surface area contributed by atoms with Gasteiger partial charge in [-0.1, -0.05) is 18.2 Å². The molecule has 0 radical (unpaired) electrons. The number of pyridine rings is 1. The molecule has 2 fully saturated rings. The first-order chi connectivity index (χ1) is 12.1. The number of nitrogens with zero attached hydrogens (tertiary/aromatic N) is 3. The largest absolute Gasteiger partial charge is 0.387 e. The summed E-state index contributed by atoms with van der Waals surface area (Å²) in [6.07, 6.45) is 2.24. The number of β-amino-alcohol motifs (C(OH)–C–C–N with tert-alkyl or cyclic N) is 1. The van der Waals surface area contributed by atoms with Crippen molar-refractivity contribution in [1.29, 1.82) is 0 Å². The molecule has 6 heteroatoms. The van der Waals surface area contributed by atoms with E-state index in [-0.39, 0.29) is 5.91 Å². The van der Waals surface area contributed by atoms with Gasteiger partial charge in [-0.15, -0.1) is 0 Å². The molecule has 3 heterocycles. The first-order valence-corrected chi connectivity index (χ1v) is 8.80. The quantitative estimate of drug-likeness (QED) is 0.907. The number of rotatable bonds is 3. The van der Waals surface area contributed by atoms with E-state index in [0.717, 1.165) is 24.0 Å². The van der Waals surface area contributed by atoms with Gasteiger partial charge in [-0.2, -0.15) is 0 Å². The summed E-state index contributed by atoms with van der Waals surface area (Å²) in [7, 11) is 0. The van der Waals surface area contributed by atoms with Crippen LogP contribution < -0.4 is 0 Å². The first kappa shape index (κ1) is 16.4. The summed E-state index contributed by atoms with van der Waals surface area (Å²) in [6.45, 7) is 4.64. The van der Waals surface area contributed by atoms with Gasteiger partial charge >= 0.3 is 0 Å². The zero-order chi connectivity index (χ0) is 17.3. The average Bonchev–Trinajstić information content (AvgIpc) is 3.03. The Morgan fingerprint density at radius 3 is 2.88 bits per heavy atom. The Bertz CT molecular complexity index is 775. The molecule has 2 aliphatic rings. The fourth-order valence-electron chi connectivity index (χ4n) is 3.70. The Labute approximate surface area is 147 Å². The van der Waals surface area contributed by atoms with Crippen molar-refractivity contribution in [2.45, 2.75) is 12.0 Å². The molecule has 132 valence electrons. The van der Waals surface area contributed by atoms with Crippen LogP contribution in [0.25, 0.3) is 10.9 Å². The minimum atomic E-state index is -0.836. The number of aliphatic hydroxyl groups is 1. The summed E-state index contributed by atoms with van der Waals surface area (Å²) >= 11 is 0. The number of para-hydroxylation sites is 1. The van der Waals surface area contributed by atoms with Crippen molar-refractivity contribution >= 4 is 16.8 Å². The topological polar surface area (TPSA) is 65.9 Å². The Kier molecular flexibility index (Phi) is 4.41. The smallest absolute Gasteiger partial charge is 0.255 e. The van der Waals surface area contributed by atoms with Crippen LogP contribution in [0.15, 0.2) is 36.5 Å². The van der Waals surface area contributed by atoms with Crippen LogP contribution >= 0.6 is 0 Å². The van der Waals surface area contributed by atoms with Gasteiger partial charge in [-0.05, 0) is 18.6 Å². The number of fused-ring (bicyclic) bond motifs is 1. The normalized spacial score (nSPS) is 24.8. The Morgan fingerprint density at radius 2 is 2.04 bits per heavy atom. The molecule has 1 atom stereocenters. The second kappa shape index (κ2) is 6.71. The number of aromatic nitrogens is 1. The molecule has 0 bridgehead atoms. The monoisotopic (exact) mass is 341 g/mol. The third-order valence-electron chi connectivity index (χ3n) is 5.08. The lowest BCUT2D eigenvalue weighted by Crippen LogP contribution is -2.49. The van der Waals surface area contributed by atoms with Crippen LogP contribution in [-0.4, -0.2) is 77.3 Å². The molecule has 1 aromatic heterocycles. The van der Waals surface area contributed by atoms with Crippen LogP contribution in [0.4, 0.5) is 0 Å². The third-order valence-corrected chi connectivity index (χ3v) is 5.08. The second-order valence-electron chi connectivity index (χ2n) is 7.01. The highest BCUT2D eigenvalue weighted by Crippen LogP contribution is 2.25. The molecule has 2 aromatic rings. The number of carbonyl (C=O) groups excluding carboxylic acids is 1. The maximum absolute atomic E-state index is 12.8. The molecule has 1 amide bonds. The highest BCUT2D eigenvalue weighted by atomic mass is 16.5. The van der Waals surface area contributed by atoms with Crippen LogP contribution in [0.1, 0.15) is 16.8 Å². The molecule has 0 saturated carbocycles. The number of morpholine rings is 1. The maximum Gasteiger partial charge on any atom is 0.255 e. The predicted molar refractivity (Wildman–Crippen MR) is 94.5 cm³/mol. The Hall–Kier alpha value is -2.02. The zero-order valence-corrected chi connectivity index (χ0v) is 14.2. The molecule has 6 nitrogen and oxygen atoms in total. The van der Waals surface area contributed by atoms with Crippen molar-refractivity contribution in [1.82, 2.24) is 14.8 Å². The van der Waals surface area contributed by atoms with Crippen molar-refractivity contribution in [3.8, 4) is 0 Å². The number of benzene rings is 1. The van der Waals surface area contributed by atoms with E-state index >= 15 is 0 Å². The SMILES string of the molecule is O=C(c1cnc2ccccc2c1)N1CC[C@@](O)(CN2CCOCC2)C1. The van der Waals surface area contributed by atoms with E-state index in [0.29, 0.717) is 44.8 Å². The van der Waals surface area contributed by atoms with Crippen molar-refractivity contribution < 1.29 is 14.6 Å². The standard InChI is InChI=1S/C19H23N3O3/c23-18(16-11-15-3-1-2-4-17(15)20-12-16)22-6-5-19(24,14-22)13-21-7-9-25-10-8-21/h1-4,11-12,24H,5-10,13-14H2/t19-/m1/s1. The molecule has 1 aromatic carbocycles. The van der Waals surface area contributed by atoms with Gasteiger partial charge in [-0.25, -0.2) is 0 Å². The molecular weight excluding hydrogens is 318 g/mol. The molecule has 1 N–H and O–H groups in total. The van der Waals surface area contributed by atoms with Crippen LogP contribution in [0, 0.1) is 0 Å². The fraction of sp³-hybridized carbons (Fsp3) is 0.474. The predicted octanol–water partition coefficient (Wildman–Crippen LogP) is 1.14. The summed E-state index contributed by atoms with van der Waals surface area (Å²) in [6, 6.07) is 9.64. The van der Waals surface area contributed by atoms with Gasteiger partial charge in [0.25, 0.3) is 5.91 Å². The van der Waals surface area contributed by atoms with Gasteiger partial charge < -0.3 is 14.7 Å². The zero-order valence-electron chi connectivity index (χ0n) is 14.2. The lowest BCUT2D eigenvalue weighted by molar-refractivity contribution is -0.0257. The van der Waals surface area contributed by atoms with Crippen molar-refractivity contribution in [2.75, 3.05) is 45.9 Å². The minimum absolute atomic E-state index is 0.0591. The number of carbonyl (C=O) groups is 1. The number of hydrogen-bond donors (Lipinski definition) is 1. The van der Waals surface area contributed by atoms with Gasteiger partial charge in [0, 0.05) is 37.8 Å². The van der Waals surface area contributed by atoms with E-state index in [1.54, 1.807) is 11.1 Å². The van der Waals surface area contributed by atoms with Gasteiger partial charge in [0.2, 0.25) is 0 Å².